The van der Waals surface area contributed by atoms with Gasteiger partial charge in [-0.25, -0.2) is 0 Å². The Balaban J connectivity index is 2.17. The van der Waals surface area contributed by atoms with Gasteiger partial charge in [0.15, 0.2) is 0 Å². The molecular formula is C8H12N6O2. The summed E-state index contributed by atoms with van der Waals surface area (Å²) in [5.74, 6) is -0.929. The number of carbonyl (C=O) groups is 2. The Labute approximate surface area is 91.2 Å². The Morgan fingerprint density at radius 1 is 1.44 bits per heavy atom. The predicted molar refractivity (Wildman–Crippen MR) is 52.0 cm³/mol. The Morgan fingerprint density at radius 2 is 2.25 bits per heavy atom. The molecule has 8 heteroatoms. The van der Waals surface area contributed by atoms with Gasteiger partial charge in [0.25, 0.3) is 11.7 Å². The van der Waals surface area contributed by atoms with Crippen molar-refractivity contribution in [2.75, 3.05) is 6.54 Å². The molecule has 0 saturated carbocycles. The maximum Gasteiger partial charge on any atom is 0.296 e. The largest absolute Gasteiger partial charge is 0.368 e. The van der Waals surface area contributed by atoms with Crippen LogP contribution in [-0.2, 0) is 4.79 Å². The first kappa shape index (κ1) is 10.5. The van der Waals surface area contributed by atoms with E-state index in [9.17, 15) is 9.59 Å². The van der Waals surface area contributed by atoms with Crippen LogP contribution in [0.25, 0.3) is 0 Å². The number of carbonyl (C=O) groups excluding carboxylic acids is 2. The van der Waals surface area contributed by atoms with Gasteiger partial charge in [-0.05, 0) is 24.5 Å². The average molecular weight is 224 g/mol. The zero-order chi connectivity index (χ0) is 11.5. The van der Waals surface area contributed by atoms with Gasteiger partial charge in [0, 0.05) is 6.54 Å². The highest BCUT2D eigenvalue weighted by Crippen LogP contribution is 2.18. The predicted octanol–water partition coefficient (Wildman–Crippen LogP) is -1.32. The molecule has 1 unspecified atom stereocenters. The smallest absolute Gasteiger partial charge is 0.296 e. The molecule has 86 valence electrons. The Bertz CT molecular complexity index is 389. The van der Waals surface area contributed by atoms with Crippen molar-refractivity contribution < 1.29 is 9.59 Å². The number of aromatic nitrogens is 4. The van der Waals surface area contributed by atoms with Crippen LogP contribution in [0.2, 0.25) is 0 Å². The first-order valence-electron chi connectivity index (χ1n) is 5.04. The van der Waals surface area contributed by atoms with Gasteiger partial charge >= 0.3 is 0 Å². The van der Waals surface area contributed by atoms with Crippen LogP contribution in [0.1, 0.15) is 29.9 Å². The molecule has 1 aliphatic rings. The molecule has 1 aromatic rings. The summed E-state index contributed by atoms with van der Waals surface area (Å²) in [5, 5.41) is 12.7. The lowest BCUT2D eigenvalue weighted by atomic mass is 10.0. The van der Waals surface area contributed by atoms with Crippen molar-refractivity contribution in [3.8, 4) is 0 Å². The molecule has 0 aromatic carbocycles. The maximum absolute atomic E-state index is 11.9. The highest BCUT2D eigenvalue weighted by atomic mass is 16.2. The minimum absolute atomic E-state index is 0.0341. The lowest BCUT2D eigenvalue weighted by molar-refractivity contribution is -0.123. The van der Waals surface area contributed by atoms with Crippen molar-refractivity contribution in [2.24, 2.45) is 5.73 Å². The molecule has 2 heterocycles. The minimum atomic E-state index is -0.556. The second-order valence-electron chi connectivity index (χ2n) is 3.65. The highest BCUT2D eigenvalue weighted by molar-refractivity contribution is 5.94. The molecule has 1 aliphatic heterocycles. The van der Waals surface area contributed by atoms with Crippen molar-refractivity contribution in [1.29, 1.82) is 0 Å². The SMILES string of the molecule is NC(=O)C1CCCCN1C(=O)c1nn[nH]n1. The van der Waals surface area contributed by atoms with Crippen LogP contribution in [-0.4, -0.2) is 49.9 Å². The lowest BCUT2D eigenvalue weighted by Gasteiger charge is -2.32. The molecule has 0 bridgehead atoms. The van der Waals surface area contributed by atoms with Gasteiger partial charge in [0.1, 0.15) is 6.04 Å². The molecule has 3 N–H and O–H groups in total. The highest BCUT2D eigenvalue weighted by Gasteiger charge is 2.32. The van der Waals surface area contributed by atoms with Crippen LogP contribution in [0.5, 0.6) is 0 Å². The van der Waals surface area contributed by atoms with Crippen LogP contribution in [0.15, 0.2) is 0 Å². The van der Waals surface area contributed by atoms with Gasteiger partial charge in [-0.2, -0.15) is 5.21 Å². The number of nitrogens with zero attached hydrogens (tertiary/aromatic N) is 4. The van der Waals surface area contributed by atoms with Gasteiger partial charge in [0.2, 0.25) is 5.91 Å². The van der Waals surface area contributed by atoms with Crippen molar-refractivity contribution in [3.05, 3.63) is 5.82 Å². The van der Waals surface area contributed by atoms with Crippen LogP contribution in [0.3, 0.4) is 0 Å². The number of primary amides is 1. The Morgan fingerprint density at radius 3 is 2.88 bits per heavy atom. The van der Waals surface area contributed by atoms with E-state index >= 15 is 0 Å². The van der Waals surface area contributed by atoms with E-state index in [1.807, 2.05) is 0 Å². The first-order chi connectivity index (χ1) is 7.70. The Kier molecular flexibility index (Phi) is 2.80. The van der Waals surface area contributed by atoms with Gasteiger partial charge in [0.05, 0.1) is 0 Å². The summed E-state index contributed by atoms with van der Waals surface area (Å²) in [7, 11) is 0. The summed E-state index contributed by atoms with van der Waals surface area (Å²) >= 11 is 0. The van der Waals surface area contributed by atoms with E-state index in [4.69, 9.17) is 5.73 Å². The van der Waals surface area contributed by atoms with E-state index in [0.717, 1.165) is 12.8 Å². The molecule has 1 fully saturated rings. The number of nitrogens with one attached hydrogen (secondary N) is 1. The zero-order valence-corrected chi connectivity index (χ0v) is 8.59. The standard InChI is InChI=1S/C8H12N6O2/c9-6(15)5-3-1-2-4-14(5)8(16)7-10-12-13-11-7/h5H,1-4H2,(H2,9,15)(H,10,11,12,13). The fraction of sp³-hybridized carbons (Fsp3) is 0.625. The van der Waals surface area contributed by atoms with E-state index in [1.54, 1.807) is 0 Å². The number of aromatic amines is 1. The number of piperidine rings is 1. The van der Waals surface area contributed by atoms with Crippen molar-refractivity contribution in [3.63, 3.8) is 0 Å². The third-order valence-electron chi connectivity index (χ3n) is 2.63. The number of hydrogen-bond donors (Lipinski definition) is 2. The second kappa shape index (κ2) is 4.25. The maximum atomic E-state index is 11.9. The quantitative estimate of drug-likeness (QED) is 0.646. The van der Waals surface area contributed by atoms with Crippen LogP contribution in [0, 0.1) is 0 Å². The summed E-state index contributed by atoms with van der Waals surface area (Å²) in [6.45, 7) is 0.501. The van der Waals surface area contributed by atoms with Gasteiger partial charge < -0.3 is 10.6 Å². The van der Waals surface area contributed by atoms with E-state index in [2.05, 4.69) is 20.6 Å². The monoisotopic (exact) mass is 224 g/mol. The normalized spacial score (nSPS) is 20.8. The first-order valence-corrected chi connectivity index (χ1v) is 5.04. The summed E-state index contributed by atoms with van der Waals surface area (Å²) in [6.07, 6.45) is 2.34. The van der Waals surface area contributed by atoms with Crippen LogP contribution in [0.4, 0.5) is 0 Å². The molecule has 0 aliphatic carbocycles. The third-order valence-corrected chi connectivity index (χ3v) is 2.63. The zero-order valence-electron chi connectivity index (χ0n) is 8.59. The van der Waals surface area contributed by atoms with Crippen molar-refractivity contribution >= 4 is 11.8 Å². The van der Waals surface area contributed by atoms with Crippen molar-refractivity contribution in [2.45, 2.75) is 25.3 Å². The van der Waals surface area contributed by atoms with E-state index in [-0.39, 0.29) is 5.82 Å². The molecule has 16 heavy (non-hydrogen) atoms. The molecule has 8 nitrogen and oxygen atoms in total. The number of hydrogen-bond acceptors (Lipinski definition) is 5. The Hall–Kier alpha value is -1.99. The number of rotatable bonds is 2. The van der Waals surface area contributed by atoms with Gasteiger partial charge in [-0.3, -0.25) is 9.59 Å². The van der Waals surface area contributed by atoms with E-state index < -0.39 is 17.9 Å². The van der Waals surface area contributed by atoms with E-state index in [0.29, 0.717) is 13.0 Å². The number of tetrazole rings is 1. The number of amides is 2. The fourth-order valence-electron chi connectivity index (χ4n) is 1.85. The van der Waals surface area contributed by atoms with E-state index in [1.165, 1.54) is 4.90 Å². The second-order valence-corrected chi connectivity index (χ2v) is 3.65. The minimum Gasteiger partial charge on any atom is -0.368 e. The lowest BCUT2D eigenvalue weighted by Crippen LogP contribution is -2.50. The number of H-pyrrole nitrogens is 1. The molecule has 2 amide bonds. The average Bonchev–Trinajstić information content (AvgIpc) is 2.81. The molecule has 1 atom stereocenters. The summed E-state index contributed by atoms with van der Waals surface area (Å²) in [5.41, 5.74) is 5.25. The summed E-state index contributed by atoms with van der Waals surface area (Å²) < 4.78 is 0. The summed E-state index contributed by atoms with van der Waals surface area (Å²) in [4.78, 5) is 24.5. The van der Waals surface area contributed by atoms with Crippen LogP contribution >= 0.6 is 0 Å². The molecule has 1 aromatic heterocycles. The molecule has 2 rings (SSSR count). The topological polar surface area (TPSA) is 118 Å². The third kappa shape index (κ3) is 1.86. The molecule has 0 radical (unpaired) electrons. The van der Waals surface area contributed by atoms with Crippen LogP contribution < -0.4 is 5.73 Å². The number of likely N-dealkylation sites (tertiary alicyclic amines) is 1. The van der Waals surface area contributed by atoms with Gasteiger partial charge in [-0.15, -0.1) is 10.2 Å². The molecule has 0 spiro atoms. The van der Waals surface area contributed by atoms with Crippen molar-refractivity contribution in [1.82, 2.24) is 25.5 Å². The molecule has 1 saturated heterocycles. The molecular weight excluding hydrogens is 212 g/mol. The number of nitrogens with two attached hydrogens (primary N) is 1. The van der Waals surface area contributed by atoms with Gasteiger partial charge in [-0.1, -0.05) is 0 Å². The summed E-state index contributed by atoms with van der Waals surface area (Å²) in [6, 6.07) is -0.556. The fourth-order valence-corrected chi connectivity index (χ4v) is 1.85.